The third kappa shape index (κ3) is 2.48. The van der Waals surface area contributed by atoms with Gasteiger partial charge < -0.3 is 0 Å². The first-order valence-electron chi connectivity index (χ1n) is 8.65. The van der Waals surface area contributed by atoms with E-state index in [0.29, 0.717) is 5.41 Å². The molecule has 1 aromatic carbocycles. The first-order chi connectivity index (χ1) is 10.0. The molecule has 0 saturated heterocycles. The molecule has 0 aliphatic heterocycles. The van der Waals surface area contributed by atoms with E-state index in [4.69, 9.17) is 0 Å². The Labute approximate surface area is 130 Å². The molecule has 5 rings (SSSR count). The van der Waals surface area contributed by atoms with Crippen LogP contribution in [-0.2, 0) is 0 Å². The van der Waals surface area contributed by atoms with Gasteiger partial charge in [0.15, 0.2) is 8.07 Å². The summed E-state index contributed by atoms with van der Waals surface area (Å²) in [6.45, 7) is 4.83. The van der Waals surface area contributed by atoms with Gasteiger partial charge in [-0.25, -0.2) is 0 Å². The zero-order valence-corrected chi connectivity index (χ0v) is 14.4. The molecule has 0 nitrogen and oxygen atoms in total. The van der Waals surface area contributed by atoms with Crippen LogP contribution in [0.4, 0.5) is 0 Å². The molecule has 4 aliphatic carbocycles. The summed E-state index contributed by atoms with van der Waals surface area (Å²) in [5, 5.41) is 1.49. The largest absolute Gasteiger partial charge is 0.162 e. The van der Waals surface area contributed by atoms with Gasteiger partial charge in [-0.2, -0.15) is 0 Å². The number of rotatable bonds is 1. The van der Waals surface area contributed by atoms with Crippen molar-refractivity contribution in [3.8, 4) is 11.5 Å². The molecular weight excluding hydrogens is 268 g/mol. The first-order valence-corrected chi connectivity index (χ1v) is 11.6. The molecule has 0 heterocycles. The van der Waals surface area contributed by atoms with Crippen molar-refractivity contribution in [1.29, 1.82) is 0 Å². The highest BCUT2D eigenvalue weighted by atomic mass is 28.3. The third-order valence-corrected chi connectivity index (χ3v) is 8.70. The minimum absolute atomic E-state index is 0.411. The van der Waals surface area contributed by atoms with E-state index in [9.17, 15) is 0 Å². The van der Waals surface area contributed by atoms with Gasteiger partial charge in [0.1, 0.15) is 0 Å². The minimum Gasteiger partial charge on any atom is -0.126 e. The molecule has 1 aromatic rings. The summed E-state index contributed by atoms with van der Waals surface area (Å²) in [6.07, 6.45) is 8.77. The van der Waals surface area contributed by atoms with Gasteiger partial charge in [0.2, 0.25) is 0 Å². The average molecular weight is 295 g/mol. The predicted molar refractivity (Wildman–Crippen MR) is 91.9 cm³/mol. The quantitative estimate of drug-likeness (QED) is 0.533. The molecule has 21 heavy (non-hydrogen) atoms. The Kier molecular flexibility index (Phi) is 3.09. The molecule has 4 fully saturated rings. The van der Waals surface area contributed by atoms with Crippen LogP contribution in [0, 0.1) is 34.6 Å². The molecule has 0 aromatic heterocycles. The SMILES string of the molecule is C[Si](C)(C#CC12CC3CC(CC(C3)C1)C2)c1ccccc1. The zero-order chi connectivity index (χ0) is 14.5. The molecule has 1 heteroatoms. The van der Waals surface area contributed by atoms with E-state index in [1.165, 1.54) is 43.7 Å². The molecule has 4 bridgehead atoms. The molecular formula is C20H26Si. The van der Waals surface area contributed by atoms with Crippen LogP contribution in [0.5, 0.6) is 0 Å². The molecule has 110 valence electrons. The Balaban J connectivity index is 1.62. The fraction of sp³-hybridized carbons (Fsp3) is 0.600. The molecule has 0 spiro atoms. The molecule has 0 N–H and O–H groups in total. The lowest BCUT2D eigenvalue weighted by Crippen LogP contribution is -2.46. The lowest BCUT2D eigenvalue weighted by molar-refractivity contribution is -0.0181. The van der Waals surface area contributed by atoms with Crippen LogP contribution in [0.15, 0.2) is 30.3 Å². The van der Waals surface area contributed by atoms with Crippen molar-refractivity contribution < 1.29 is 0 Å². The Bertz CT molecular complexity index is 552. The fourth-order valence-electron chi connectivity index (χ4n) is 5.48. The number of hydrogen-bond donors (Lipinski definition) is 0. The summed E-state index contributed by atoms with van der Waals surface area (Å²) in [4.78, 5) is 0. The van der Waals surface area contributed by atoms with E-state index in [1.54, 1.807) is 0 Å². The average Bonchev–Trinajstić information content (AvgIpc) is 2.45. The summed E-state index contributed by atoms with van der Waals surface area (Å²) in [6, 6.07) is 11.0. The topological polar surface area (TPSA) is 0 Å². The summed E-state index contributed by atoms with van der Waals surface area (Å²) >= 11 is 0. The van der Waals surface area contributed by atoms with Crippen LogP contribution in [0.1, 0.15) is 38.5 Å². The van der Waals surface area contributed by atoms with Gasteiger partial charge >= 0.3 is 0 Å². The standard InChI is InChI=1S/C20H26Si/c1-21(2,19-6-4-3-5-7-19)9-8-20-13-16-10-17(14-20)12-18(11-16)15-20/h3-7,16-18H,10-15H2,1-2H3. The van der Waals surface area contributed by atoms with Gasteiger partial charge in [0.25, 0.3) is 0 Å². The summed E-state index contributed by atoms with van der Waals surface area (Å²) in [5.41, 5.74) is 4.23. The van der Waals surface area contributed by atoms with Crippen molar-refractivity contribution in [2.24, 2.45) is 23.2 Å². The molecule has 4 saturated carbocycles. The second kappa shape index (κ2) is 4.75. The van der Waals surface area contributed by atoms with Gasteiger partial charge in [-0.05, 0) is 61.5 Å². The van der Waals surface area contributed by atoms with Crippen LogP contribution >= 0.6 is 0 Å². The zero-order valence-electron chi connectivity index (χ0n) is 13.4. The van der Waals surface area contributed by atoms with E-state index in [2.05, 4.69) is 54.9 Å². The summed E-state index contributed by atoms with van der Waals surface area (Å²) in [7, 11) is -1.59. The maximum absolute atomic E-state index is 3.88. The van der Waals surface area contributed by atoms with Crippen LogP contribution in [-0.4, -0.2) is 8.07 Å². The molecule has 0 radical (unpaired) electrons. The Morgan fingerprint density at radius 2 is 1.43 bits per heavy atom. The normalized spacial score (nSPS) is 37.1. The van der Waals surface area contributed by atoms with E-state index in [1.807, 2.05) is 0 Å². The van der Waals surface area contributed by atoms with Gasteiger partial charge in [-0.15, -0.1) is 11.5 Å². The van der Waals surface area contributed by atoms with Gasteiger partial charge in [-0.3, -0.25) is 0 Å². The Hall–Kier alpha value is -1.00. The third-order valence-electron chi connectivity index (χ3n) is 6.17. The minimum atomic E-state index is -1.59. The van der Waals surface area contributed by atoms with E-state index >= 15 is 0 Å². The van der Waals surface area contributed by atoms with E-state index in [0.717, 1.165) is 17.8 Å². The Morgan fingerprint density at radius 1 is 0.905 bits per heavy atom. The smallest absolute Gasteiger partial charge is 0.126 e. The molecule has 0 unspecified atom stereocenters. The number of hydrogen-bond acceptors (Lipinski definition) is 0. The maximum Gasteiger partial charge on any atom is 0.162 e. The second-order valence-corrected chi connectivity index (χ2v) is 12.5. The predicted octanol–water partition coefficient (Wildman–Crippen LogP) is 4.36. The molecule has 4 aliphatic rings. The van der Waals surface area contributed by atoms with Crippen molar-refractivity contribution in [2.75, 3.05) is 0 Å². The lowest BCUT2D eigenvalue weighted by Gasteiger charge is -2.54. The van der Waals surface area contributed by atoms with Gasteiger partial charge in [-0.1, -0.05) is 43.4 Å². The van der Waals surface area contributed by atoms with Crippen molar-refractivity contribution in [2.45, 2.75) is 51.6 Å². The highest BCUT2D eigenvalue weighted by Crippen LogP contribution is 2.59. The monoisotopic (exact) mass is 294 g/mol. The Morgan fingerprint density at radius 3 is 1.95 bits per heavy atom. The van der Waals surface area contributed by atoms with Crippen LogP contribution in [0.25, 0.3) is 0 Å². The van der Waals surface area contributed by atoms with Crippen LogP contribution < -0.4 is 5.19 Å². The molecule has 0 atom stereocenters. The highest BCUT2D eigenvalue weighted by molar-refractivity contribution is 6.96. The lowest BCUT2D eigenvalue weighted by atomic mass is 9.50. The van der Waals surface area contributed by atoms with Crippen molar-refractivity contribution in [3.63, 3.8) is 0 Å². The fourth-order valence-corrected chi connectivity index (χ4v) is 7.23. The van der Waals surface area contributed by atoms with Crippen molar-refractivity contribution in [1.82, 2.24) is 0 Å². The number of benzene rings is 1. The summed E-state index contributed by atoms with van der Waals surface area (Å²) in [5.74, 6) is 6.90. The summed E-state index contributed by atoms with van der Waals surface area (Å²) < 4.78 is 0. The second-order valence-electron chi connectivity index (χ2n) is 8.44. The van der Waals surface area contributed by atoms with Crippen molar-refractivity contribution >= 4 is 13.3 Å². The highest BCUT2D eigenvalue weighted by Gasteiger charge is 2.50. The first kappa shape index (κ1) is 13.6. The van der Waals surface area contributed by atoms with Crippen LogP contribution in [0.2, 0.25) is 13.1 Å². The van der Waals surface area contributed by atoms with E-state index in [-0.39, 0.29) is 0 Å². The van der Waals surface area contributed by atoms with Gasteiger partial charge in [0, 0.05) is 5.41 Å². The van der Waals surface area contributed by atoms with Gasteiger partial charge in [0.05, 0.1) is 0 Å². The van der Waals surface area contributed by atoms with Crippen molar-refractivity contribution in [3.05, 3.63) is 30.3 Å². The molecule has 0 amide bonds. The van der Waals surface area contributed by atoms with Crippen LogP contribution in [0.3, 0.4) is 0 Å². The van der Waals surface area contributed by atoms with E-state index < -0.39 is 8.07 Å². The maximum atomic E-state index is 3.88.